The Kier molecular flexibility index (Phi) is 0.412. The molecule has 1 fully saturated rings. The first-order valence-corrected chi connectivity index (χ1v) is 4.49. The predicted octanol–water partition coefficient (Wildman–Crippen LogP) is 1.95. The van der Waals surface area contributed by atoms with Crippen LogP contribution in [-0.4, -0.2) is 6.66 Å². The van der Waals surface area contributed by atoms with Gasteiger partial charge in [-0.05, 0) is 6.08 Å². The molecule has 1 atom stereocenters. The molecule has 0 N–H and O–H groups in total. The van der Waals surface area contributed by atoms with Crippen molar-refractivity contribution in [2.75, 3.05) is 6.66 Å². The van der Waals surface area contributed by atoms with Gasteiger partial charge in [0.15, 0.2) is 0 Å². The fourth-order valence-electron chi connectivity index (χ4n) is 0.746. The minimum absolute atomic E-state index is 0.946. The molecule has 36 valence electrons. The lowest BCUT2D eigenvalue weighted by Crippen LogP contribution is -1.49. The van der Waals surface area contributed by atoms with Crippen LogP contribution in [0.15, 0.2) is 23.5 Å². The van der Waals surface area contributed by atoms with Gasteiger partial charge in [0.25, 0.3) is 7.49 Å². The molecule has 1 saturated heterocycles. The number of hydrogen-bond donors (Lipinski definition) is 0. The summed E-state index contributed by atoms with van der Waals surface area (Å²) in [5.41, 5.74) is 1.23. The molecule has 0 radical (unpaired) electrons. The van der Waals surface area contributed by atoms with E-state index in [1.54, 1.807) is 0 Å². The third-order valence-corrected chi connectivity index (χ3v) is 3.56. The van der Waals surface area contributed by atoms with Crippen LogP contribution in [0.2, 0.25) is 0 Å². The van der Waals surface area contributed by atoms with E-state index in [-0.39, 0.29) is 0 Å². The first-order valence-electron chi connectivity index (χ1n) is 2.27. The molecule has 7 heavy (non-hydrogen) atoms. The van der Waals surface area contributed by atoms with Gasteiger partial charge in [-0.3, -0.25) is 4.52 Å². The van der Waals surface area contributed by atoms with Gasteiger partial charge in [-0.1, -0.05) is 0 Å². The molecule has 2 heteroatoms. The van der Waals surface area contributed by atoms with E-state index in [0.29, 0.717) is 0 Å². The molecule has 2 aliphatic rings. The lowest BCUT2D eigenvalue weighted by atomic mass is 10.6. The summed E-state index contributed by atoms with van der Waals surface area (Å²) in [7, 11) is -0.946. The van der Waals surface area contributed by atoms with Crippen molar-refractivity contribution in [3.05, 3.63) is 23.5 Å². The standard InChI is InChI=1S/C5H6OP/c1-7-4-2-3-5(7)6-7/h2-4H,1H3/q+1. The normalized spacial score (nSPS) is 42.1. The molecule has 0 spiro atoms. The topological polar surface area (TPSA) is 12.5 Å². The van der Waals surface area contributed by atoms with Crippen LogP contribution in [0.3, 0.4) is 0 Å². The van der Waals surface area contributed by atoms with Crippen molar-refractivity contribution in [3.63, 3.8) is 0 Å². The van der Waals surface area contributed by atoms with Crippen molar-refractivity contribution in [1.82, 2.24) is 0 Å². The largest absolute Gasteiger partial charge is 0.329 e. The Morgan fingerprint density at radius 3 is 2.71 bits per heavy atom. The van der Waals surface area contributed by atoms with Gasteiger partial charge < -0.3 is 0 Å². The second-order valence-electron chi connectivity index (χ2n) is 1.93. The average Bonchev–Trinajstić information content (AvgIpc) is 2.09. The number of fused-ring (bicyclic) bond motifs is 1. The van der Waals surface area contributed by atoms with Gasteiger partial charge in [-0.2, -0.15) is 0 Å². The molecule has 0 saturated carbocycles. The Labute approximate surface area is 43.1 Å². The lowest BCUT2D eigenvalue weighted by Gasteiger charge is -1.71. The maximum Gasteiger partial charge on any atom is 0.329 e. The molecule has 0 bridgehead atoms. The summed E-state index contributed by atoms with van der Waals surface area (Å²) in [5, 5.41) is 0. The molecule has 0 aromatic carbocycles. The summed E-state index contributed by atoms with van der Waals surface area (Å²) in [4.78, 5) is 0. The van der Waals surface area contributed by atoms with Crippen molar-refractivity contribution < 1.29 is 4.52 Å². The molecular weight excluding hydrogens is 107 g/mol. The molecular formula is C5H6OP+. The molecule has 1 nitrogen and oxygen atoms in total. The van der Waals surface area contributed by atoms with E-state index in [1.807, 2.05) is 6.08 Å². The SMILES string of the molecule is C[P+]12C=CC=C1O2. The molecule has 0 amide bonds. The highest BCUT2D eigenvalue weighted by atomic mass is 31.2. The van der Waals surface area contributed by atoms with Gasteiger partial charge in [0.1, 0.15) is 5.82 Å². The summed E-state index contributed by atoms with van der Waals surface area (Å²) in [6.07, 6.45) is 4.13. The second kappa shape index (κ2) is 0.784. The Morgan fingerprint density at radius 2 is 2.57 bits per heavy atom. The average molecular weight is 113 g/mol. The maximum atomic E-state index is 5.23. The van der Waals surface area contributed by atoms with Crippen molar-refractivity contribution in [3.8, 4) is 0 Å². The third-order valence-electron chi connectivity index (χ3n) is 1.30. The van der Waals surface area contributed by atoms with Crippen LogP contribution >= 0.6 is 7.49 Å². The fourth-order valence-corrected chi connectivity index (χ4v) is 2.55. The number of allylic oxidation sites excluding steroid dienone is 2. The molecule has 1 unspecified atom stereocenters. The Hall–Kier alpha value is -0.290. The summed E-state index contributed by atoms with van der Waals surface area (Å²) >= 11 is 0. The quantitative estimate of drug-likeness (QED) is 0.345. The third kappa shape index (κ3) is 0.318. The minimum Gasteiger partial charge on any atom is -0.297 e. The van der Waals surface area contributed by atoms with Crippen LogP contribution in [0, 0.1) is 0 Å². The van der Waals surface area contributed by atoms with Gasteiger partial charge in [0, 0.05) is 6.08 Å². The molecule has 0 aliphatic carbocycles. The van der Waals surface area contributed by atoms with Crippen LogP contribution in [0.25, 0.3) is 0 Å². The molecule has 2 heterocycles. The lowest BCUT2D eigenvalue weighted by molar-refractivity contribution is 0.633. The number of hydrogen-bond acceptors (Lipinski definition) is 1. The summed E-state index contributed by atoms with van der Waals surface area (Å²) < 4.78 is 5.23. The Morgan fingerprint density at radius 1 is 1.71 bits per heavy atom. The van der Waals surface area contributed by atoms with E-state index >= 15 is 0 Å². The first kappa shape index (κ1) is 3.68. The number of rotatable bonds is 0. The van der Waals surface area contributed by atoms with Crippen LogP contribution in [0.1, 0.15) is 0 Å². The highest BCUT2D eigenvalue weighted by Crippen LogP contribution is 2.84. The van der Waals surface area contributed by atoms with Gasteiger partial charge in [-0.25, -0.2) is 0 Å². The maximum absolute atomic E-state index is 5.23. The molecule has 0 aromatic rings. The predicted molar refractivity (Wildman–Crippen MR) is 31.2 cm³/mol. The molecule has 0 aromatic heterocycles. The van der Waals surface area contributed by atoms with Crippen LogP contribution in [0.5, 0.6) is 0 Å². The highest BCUT2D eigenvalue weighted by Gasteiger charge is 2.60. The zero-order valence-corrected chi connectivity index (χ0v) is 4.98. The highest BCUT2D eigenvalue weighted by molar-refractivity contribution is 7.83. The molecule has 2 rings (SSSR count). The van der Waals surface area contributed by atoms with Crippen LogP contribution < -0.4 is 0 Å². The smallest absolute Gasteiger partial charge is 0.297 e. The monoisotopic (exact) mass is 113 g/mol. The Balaban J connectivity index is 2.51. The van der Waals surface area contributed by atoms with Crippen LogP contribution in [0.4, 0.5) is 0 Å². The minimum atomic E-state index is -0.946. The first-order chi connectivity index (χ1) is 3.31. The zero-order chi connectivity index (χ0) is 4.91. The van der Waals surface area contributed by atoms with E-state index in [1.165, 1.54) is 5.50 Å². The summed E-state index contributed by atoms with van der Waals surface area (Å²) in [6, 6.07) is 0. The van der Waals surface area contributed by atoms with E-state index in [9.17, 15) is 0 Å². The van der Waals surface area contributed by atoms with Crippen molar-refractivity contribution in [1.29, 1.82) is 0 Å². The van der Waals surface area contributed by atoms with E-state index in [0.717, 1.165) is 0 Å². The van der Waals surface area contributed by atoms with E-state index in [2.05, 4.69) is 18.6 Å². The van der Waals surface area contributed by atoms with Gasteiger partial charge >= 0.3 is 5.50 Å². The summed E-state index contributed by atoms with van der Waals surface area (Å²) in [5.74, 6) is 2.17. The summed E-state index contributed by atoms with van der Waals surface area (Å²) in [6.45, 7) is 2.17. The van der Waals surface area contributed by atoms with E-state index in [4.69, 9.17) is 4.52 Å². The fraction of sp³-hybridized carbons (Fsp3) is 0.200. The van der Waals surface area contributed by atoms with Gasteiger partial charge in [-0.15, -0.1) is 0 Å². The zero-order valence-electron chi connectivity index (χ0n) is 4.09. The van der Waals surface area contributed by atoms with Crippen molar-refractivity contribution >= 4 is 7.49 Å². The van der Waals surface area contributed by atoms with Gasteiger partial charge in [0.2, 0.25) is 0 Å². The molecule has 2 aliphatic heterocycles. The Bertz CT molecular complexity index is 171. The van der Waals surface area contributed by atoms with Crippen molar-refractivity contribution in [2.45, 2.75) is 0 Å². The van der Waals surface area contributed by atoms with Gasteiger partial charge in [0.05, 0.1) is 6.66 Å². The second-order valence-corrected chi connectivity index (χ2v) is 4.83. The van der Waals surface area contributed by atoms with E-state index < -0.39 is 7.49 Å². The van der Waals surface area contributed by atoms with Crippen LogP contribution in [-0.2, 0) is 4.52 Å². The van der Waals surface area contributed by atoms with Crippen molar-refractivity contribution in [2.24, 2.45) is 0 Å².